The SMILES string of the molecule is [C-]#[N+]c1ccc2c(n1)c(N1C[C@@H](CC)N(C(CC)c3nc(C4CC4)no3)C[C@@H]1CC)nc(=O)n2C. The van der Waals surface area contributed by atoms with E-state index in [1.165, 1.54) is 4.57 Å². The van der Waals surface area contributed by atoms with E-state index in [4.69, 9.17) is 16.1 Å². The van der Waals surface area contributed by atoms with Gasteiger partial charge >= 0.3 is 5.69 Å². The Bertz CT molecular complexity index is 1320. The van der Waals surface area contributed by atoms with Crippen molar-refractivity contribution in [2.75, 3.05) is 18.0 Å². The van der Waals surface area contributed by atoms with Crippen LogP contribution in [0, 0.1) is 6.57 Å². The lowest BCUT2D eigenvalue weighted by molar-refractivity contribution is 0.0712. The van der Waals surface area contributed by atoms with Crippen LogP contribution in [0.5, 0.6) is 0 Å². The highest BCUT2D eigenvalue weighted by atomic mass is 16.5. The summed E-state index contributed by atoms with van der Waals surface area (Å²) in [4.78, 5) is 34.8. The molecule has 0 amide bonds. The van der Waals surface area contributed by atoms with Gasteiger partial charge in [0, 0.05) is 38.1 Å². The summed E-state index contributed by atoms with van der Waals surface area (Å²) in [5.41, 5.74) is 0.961. The summed E-state index contributed by atoms with van der Waals surface area (Å²) in [5.74, 6) is 2.87. The van der Waals surface area contributed by atoms with Crippen molar-refractivity contribution in [3.63, 3.8) is 0 Å². The smallest absolute Gasteiger partial charge is 0.350 e. The minimum atomic E-state index is -0.319. The van der Waals surface area contributed by atoms with Gasteiger partial charge in [0.05, 0.1) is 11.6 Å². The van der Waals surface area contributed by atoms with Crippen molar-refractivity contribution in [2.45, 2.75) is 76.9 Å². The predicted molar refractivity (Wildman–Crippen MR) is 133 cm³/mol. The maximum absolute atomic E-state index is 12.8. The van der Waals surface area contributed by atoms with Crippen molar-refractivity contribution < 1.29 is 4.52 Å². The molecule has 4 heterocycles. The van der Waals surface area contributed by atoms with Crippen molar-refractivity contribution >= 4 is 22.7 Å². The highest BCUT2D eigenvalue weighted by molar-refractivity contribution is 5.87. The Balaban J connectivity index is 1.52. The molecule has 1 saturated carbocycles. The average molecular weight is 477 g/mol. The van der Waals surface area contributed by atoms with E-state index in [1.54, 1.807) is 19.2 Å². The van der Waals surface area contributed by atoms with Gasteiger partial charge in [0.25, 0.3) is 5.82 Å². The molecule has 3 aromatic heterocycles. The largest absolute Gasteiger partial charge is 0.361 e. The molecule has 0 bridgehead atoms. The lowest BCUT2D eigenvalue weighted by Gasteiger charge is -2.48. The van der Waals surface area contributed by atoms with Crippen LogP contribution in [-0.2, 0) is 7.05 Å². The molecule has 2 fully saturated rings. The van der Waals surface area contributed by atoms with Crippen LogP contribution in [0.2, 0.25) is 0 Å². The van der Waals surface area contributed by atoms with Crippen molar-refractivity contribution in [1.82, 2.24) is 29.6 Å². The molecule has 1 saturated heterocycles. The van der Waals surface area contributed by atoms with E-state index in [2.05, 4.69) is 50.5 Å². The van der Waals surface area contributed by atoms with Gasteiger partial charge in [-0.1, -0.05) is 32.5 Å². The number of fused-ring (bicyclic) bond motifs is 1. The third-order valence-corrected chi connectivity index (χ3v) is 7.46. The van der Waals surface area contributed by atoms with Gasteiger partial charge in [-0.3, -0.25) is 9.47 Å². The molecular formula is C25H32N8O2. The van der Waals surface area contributed by atoms with Crippen LogP contribution in [0.25, 0.3) is 15.9 Å². The van der Waals surface area contributed by atoms with E-state index in [-0.39, 0.29) is 23.8 Å². The molecule has 3 aromatic rings. The molecule has 35 heavy (non-hydrogen) atoms. The zero-order chi connectivity index (χ0) is 24.7. The molecule has 184 valence electrons. The second-order valence-electron chi connectivity index (χ2n) is 9.59. The van der Waals surface area contributed by atoms with E-state index < -0.39 is 0 Å². The summed E-state index contributed by atoms with van der Waals surface area (Å²) in [5, 5.41) is 4.26. The van der Waals surface area contributed by atoms with Crippen molar-refractivity contribution in [2.24, 2.45) is 7.05 Å². The summed E-state index contributed by atoms with van der Waals surface area (Å²) in [6.07, 6.45) is 4.97. The van der Waals surface area contributed by atoms with Gasteiger partial charge in [-0.2, -0.15) is 9.97 Å². The van der Waals surface area contributed by atoms with Gasteiger partial charge in [-0.25, -0.2) is 4.79 Å². The molecule has 0 aromatic carbocycles. The second-order valence-corrected chi connectivity index (χ2v) is 9.59. The molecule has 1 unspecified atom stereocenters. The number of piperazine rings is 1. The fourth-order valence-corrected chi connectivity index (χ4v) is 5.23. The molecule has 1 aliphatic heterocycles. The first-order valence-electron chi connectivity index (χ1n) is 12.6. The number of aromatic nitrogens is 5. The number of rotatable bonds is 7. The number of hydrogen-bond acceptors (Lipinski definition) is 8. The minimum absolute atomic E-state index is 0.0522. The zero-order valence-corrected chi connectivity index (χ0v) is 20.8. The van der Waals surface area contributed by atoms with E-state index in [0.717, 1.165) is 44.5 Å². The monoisotopic (exact) mass is 476 g/mol. The average Bonchev–Trinajstić information content (AvgIpc) is 3.63. The fraction of sp³-hybridized carbons (Fsp3) is 0.600. The van der Waals surface area contributed by atoms with Gasteiger partial charge in [-0.15, -0.1) is 4.98 Å². The van der Waals surface area contributed by atoms with Crippen molar-refractivity contribution in [3.05, 3.63) is 45.7 Å². The Morgan fingerprint density at radius 2 is 1.89 bits per heavy atom. The molecule has 0 N–H and O–H groups in total. The molecule has 1 aliphatic carbocycles. The summed E-state index contributed by atoms with van der Waals surface area (Å²) in [6.45, 7) is 15.4. The first kappa shape index (κ1) is 23.4. The topological polar surface area (TPSA) is 97.5 Å². The maximum atomic E-state index is 12.8. The number of nitrogens with zero attached hydrogens (tertiary/aromatic N) is 8. The summed E-state index contributed by atoms with van der Waals surface area (Å²) in [6, 6.07) is 3.82. The third-order valence-electron chi connectivity index (χ3n) is 7.46. The van der Waals surface area contributed by atoms with Crippen LogP contribution >= 0.6 is 0 Å². The number of pyridine rings is 1. The first-order chi connectivity index (χ1) is 17.0. The van der Waals surface area contributed by atoms with Gasteiger partial charge in [-0.05, 0) is 44.2 Å². The predicted octanol–water partition coefficient (Wildman–Crippen LogP) is 3.97. The van der Waals surface area contributed by atoms with Crippen molar-refractivity contribution in [1.29, 1.82) is 0 Å². The molecule has 2 aliphatic rings. The Labute approximate surface area is 204 Å². The second kappa shape index (κ2) is 9.38. The highest BCUT2D eigenvalue weighted by Gasteiger charge is 2.40. The van der Waals surface area contributed by atoms with E-state index in [1.807, 2.05) is 0 Å². The Morgan fingerprint density at radius 1 is 1.11 bits per heavy atom. The first-order valence-corrected chi connectivity index (χ1v) is 12.6. The van der Waals surface area contributed by atoms with Crippen LogP contribution in [0.15, 0.2) is 21.5 Å². The number of anilines is 1. The lowest BCUT2D eigenvalue weighted by Crippen LogP contribution is -2.59. The molecular weight excluding hydrogens is 444 g/mol. The fourth-order valence-electron chi connectivity index (χ4n) is 5.23. The van der Waals surface area contributed by atoms with Gasteiger partial charge in [0.15, 0.2) is 11.6 Å². The third kappa shape index (κ3) is 4.18. The van der Waals surface area contributed by atoms with E-state index in [9.17, 15) is 4.79 Å². The quantitative estimate of drug-likeness (QED) is 0.473. The zero-order valence-electron chi connectivity index (χ0n) is 20.8. The normalized spacial score (nSPS) is 21.9. The molecule has 10 heteroatoms. The standard InChI is InChI=1S/C25H32N8O2/c1-6-16-14-33(23-21-19(31(5)25(34)29-23)11-12-20(26-4)27-21)17(7-2)13-32(16)18(8-3)24-28-22(30-35-24)15-9-10-15/h11-12,15-18H,6-10,13-14H2,1-3,5H3/t16-,17+,18?/m1/s1. The maximum Gasteiger partial charge on any atom is 0.350 e. The van der Waals surface area contributed by atoms with Crippen LogP contribution in [-0.4, -0.2) is 54.7 Å². The molecule has 10 nitrogen and oxygen atoms in total. The molecule has 5 rings (SSSR count). The lowest BCUT2D eigenvalue weighted by atomic mass is 9.98. The van der Waals surface area contributed by atoms with Gasteiger partial charge in [0.2, 0.25) is 11.4 Å². The van der Waals surface area contributed by atoms with Gasteiger partial charge in [0.1, 0.15) is 0 Å². The summed E-state index contributed by atoms with van der Waals surface area (Å²) < 4.78 is 7.24. The highest BCUT2D eigenvalue weighted by Crippen LogP contribution is 2.40. The molecule has 0 spiro atoms. The minimum Gasteiger partial charge on any atom is -0.361 e. The van der Waals surface area contributed by atoms with Gasteiger partial charge < -0.3 is 14.3 Å². The Morgan fingerprint density at radius 3 is 2.54 bits per heavy atom. The molecule has 0 radical (unpaired) electrons. The number of aryl methyl sites for hydroxylation is 1. The van der Waals surface area contributed by atoms with Crippen molar-refractivity contribution in [3.8, 4) is 0 Å². The summed E-state index contributed by atoms with van der Waals surface area (Å²) >= 11 is 0. The Kier molecular flexibility index (Phi) is 6.28. The van der Waals surface area contributed by atoms with Crippen LogP contribution < -0.4 is 10.6 Å². The molecule has 3 atom stereocenters. The Hall–Kier alpha value is -3.32. The van der Waals surface area contributed by atoms with Crippen LogP contribution in [0.3, 0.4) is 0 Å². The number of hydrogen-bond donors (Lipinski definition) is 0. The summed E-state index contributed by atoms with van der Waals surface area (Å²) in [7, 11) is 1.69. The van der Waals surface area contributed by atoms with E-state index >= 15 is 0 Å². The van der Waals surface area contributed by atoms with Crippen LogP contribution in [0.4, 0.5) is 11.6 Å². The van der Waals surface area contributed by atoms with E-state index in [0.29, 0.717) is 41.0 Å². The van der Waals surface area contributed by atoms with Crippen LogP contribution in [0.1, 0.15) is 76.6 Å².